The fourth-order valence-electron chi connectivity index (χ4n) is 3.26. The monoisotopic (exact) mass is 416 g/mol. The second-order valence-corrected chi connectivity index (χ2v) is 7.84. The minimum Gasteiger partial charge on any atom is -0.354 e. The van der Waals surface area contributed by atoms with Gasteiger partial charge in [-0.2, -0.15) is 0 Å². The Morgan fingerprint density at radius 1 is 1.33 bits per heavy atom. The molecule has 136 valence electrons. The zero-order valence-electron chi connectivity index (χ0n) is 14.7. The highest BCUT2D eigenvalue weighted by atomic mass is 79.9. The second-order valence-electron chi connectivity index (χ2n) is 6.92. The highest BCUT2D eigenvalue weighted by Gasteiger charge is 2.22. The summed E-state index contributed by atoms with van der Waals surface area (Å²) in [5, 5.41) is 6.60. The van der Waals surface area contributed by atoms with E-state index in [4.69, 9.17) is 0 Å². The average Bonchev–Trinajstić information content (AvgIpc) is 2.55. The number of piperidine rings is 1. The van der Waals surface area contributed by atoms with E-state index in [-0.39, 0.29) is 24.4 Å². The molecule has 2 rings (SSSR count). The number of benzene rings is 1. The molecule has 1 amide bonds. The first-order chi connectivity index (χ1) is 11.0. The topological polar surface area (TPSA) is 41.1 Å². The molecule has 5 heteroatoms. The number of rotatable bonds is 7. The maximum Gasteiger partial charge on any atom is 0.220 e. The van der Waals surface area contributed by atoms with E-state index in [1.807, 2.05) is 0 Å². The van der Waals surface area contributed by atoms with Crippen LogP contribution in [-0.2, 0) is 11.2 Å². The summed E-state index contributed by atoms with van der Waals surface area (Å²) < 4.78 is 1.11. The van der Waals surface area contributed by atoms with Gasteiger partial charge in [-0.3, -0.25) is 4.79 Å². The Hall–Kier alpha value is -0.580. The lowest BCUT2D eigenvalue weighted by Gasteiger charge is -2.28. The summed E-state index contributed by atoms with van der Waals surface area (Å²) in [5.41, 5.74) is 1.32. The average molecular weight is 418 g/mol. The van der Waals surface area contributed by atoms with Crippen molar-refractivity contribution in [2.75, 3.05) is 13.1 Å². The molecule has 0 bridgehead atoms. The molecule has 3 unspecified atom stereocenters. The van der Waals surface area contributed by atoms with E-state index in [1.165, 1.54) is 18.4 Å². The summed E-state index contributed by atoms with van der Waals surface area (Å²) in [4.78, 5) is 12.2. The van der Waals surface area contributed by atoms with Gasteiger partial charge in [0.25, 0.3) is 0 Å². The predicted molar refractivity (Wildman–Crippen MR) is 107 cm³/mol. The maximum atomic E-state index is 12.2. The SMILES string of the molecule is CC(CCc1ccc(Br)cc1)NC(=O)CC(C)C1CCCNC1.Cl. The van der Waals surface area contributed by atoms with Gasteiger partial charge in [-0.15, -0.1) is 12.4 Å². The Kier molecular flexibility index (Phi) is 9.94. The van der Waals surface area contributed by atoms with E-state index >= 15 is 0 Å². The molecule has 1 aromatic carbocycles. The third-order valence-corrected chi connectivity index (χ3v) is 5.36. The molecule has 1 aliphatic heterocycles. The van der Waals surface area contributed by atoms with E-state index in [0.717, 1.165) is 30.4 Å². The number of hydrogen-bond acceptors (Lipinski definition) is 2. The molecule has 0 radical (unpaired) electrons. The number of hydrogen-bond donors (Lipinski definition) is 2. The van der Waals surface area contributed by atoms with Crippen LogP contribution in [0.3, 0.4) is 0 Å². The molecule has 3 atom stereocenters. The van der Waals surface area contributed by atoms with E-state index < -0.39 is 0 Å². The standard InChI is InChI=1S/C19H29BrN2O.ClH/c1-14(17-4-3-11-21-13-17)12-19(23)22-15(2)5-6-16-7-9-18(20)10-8-16;/h7-10,14-15,17,21H,3-6,11-13H2,1-2H3,(H,22,23);1H. The summed E-state index contributed by atoms with van der Waals surface area (Å²) in [6.07, 6.45) is 5.11. The molecular weight excluding hydrogens is 388 g/mol. The van der Waals surface area contributed by atoms with E-state index in [9.17, 15) is 4.79 Å². The summed E-state index contributed by atoms with van der Waals surface area (Å²) in [6, 6.07) is 8.63. The van der Waals surface area contributed by atoms with Crippen molar-refractivity contribution < 1.29 is 4.79 Å². The Morgan fingerprint density at radius 3 is 2.67 bits per heavy atom. The van der Waals surface area contributed by atoms with Crippen LogP contribution in [0.4, 0.5) is 0 Å². The van der Waals surface area contributed by atoms with E-state index in [1.54, 1.807) is 0 Å². The van der Waals surface area contributed by atoms with Crippen molar-refractivity contribution in [1.82, 2.24) is 10.6 Å². The van der Waals surface area contributed by atoms with Crippen LogP contribution in [0.5, 0.6) is 0 Å². The first-order valence-electron chi connectivity index (χ1n) is 8.79. The van der Waals surface area contributed by atoms with Crippen molar-refractivity contribution in [2.45, 2.75) is 52.0 Å². The van der Waals surface area contributed by atoms with Gasteiger partial charge in [0.15, 0.2) is 0 Å². The number of halogens is 2. The smallest absolute Gasteiger partial charge is 0.220 e. The summed E-state index contributed by atoms with van der Waals surface area (Å²) in [6.45, 7) is 6.50. The first kappa shape index (κ1) is 21.5. The van der Waals surface area contributed by atoms with E-state index in [2.05, 4.69) is 64.7 Å². The zero-order valence-corrected chi connectivity index (χ0v) is 17.1. The van der Waals surface area contributed by atoms with E-state index in [0.29, 0.717) is 18.3 Å². The van der Waals surface area contributed by atoms with Crippen LogP contribution in [0.25, 0.3) is 0 Å². The fraction of sp³-hybridized carbons (Fsp3) is 0.632. The summed E-state index contributed by atoms with van der Waals surface area (Å²) in [5.74, 6) is 1.31. The quantitative estimate of drug-likeness (QED) is 0.693. The number of carbonyl (C=O) groups is 1. The van der Waals surface area contributed by atoms with Crippen molar-refractivity contribution in [2.24, 2.45) is 11.8 Å². The molecule has 1 aromatic rings. The third-order valence-electron chi connectivity index (χ3n) is 4.83. The molecule has 0 aliphatic carbocycles. The minimum absolute atomic E-state index is 0. The van der Waals surface area contributed by atoms with Crippen LogP contribution in [0, 0.1) is 11.8 Å². The van der Waals surface area contributed by atoms with Crippen LogP contribution in [0.15, 0.2) is 28.7 Å². The Bertz CT molecular complexity index is 489. The highest BCUT2D eigenvalue weighted by molar-refractivity contribution is 9.10. The van der Waals surface area contributed by atoms with Gasteiger partial charge >= 0.3 is 0 Å². The molecule has 0 spiro atoms. The predicted octanol–water partition coefficient (Wildman–Crippen LogP) is 4.33. The normalized spacial score (nSPS) is 19.9. The lowest BCUT2D eigenvalue weighted by atomic mass is 9.85. The van der Waals surface area contributed by atoms with Crippen LogP contribution in [0.1, 0.15) is 45.1 Å². The molecular formula is C19H30BrClN2O. The van der Waals surface area contributed by atoms with Gasteiger partial charge in [0.2, 0.25) is 5.91 Å². The van der Waals surface area contributed by atoms with Crippen LogP contribution in [-0.4, -0.2) is 25.0 Å². The number of carbonyl (C=O) groups excluding carboxylic acids is 1. The van der Waals surface area contributed by atoms with Crippen molar-refractivity contribution in [3.63, 3.8) is 0 Å². The second kappa shape index (κ2) is 11.1. The van der Waals surface area contributed by atoms with Gasteiger partial charge in [0.05, 0.1) is 0 Å². The first-order valence-corrected chi connectivity index (χ1v) is 9.58. The number of aryl methyl sites for hydroxylation is 1. The Labute approximate surface area is 160 Å². The Morgan fingerprint density at radius 2 is 2.04 bits per heavy atom. The molecule has 1 heterocycles. The largest absolute Gasteiger partial charge is 0.354 e. The van der Waals surface area contributed by atoms with Gasteiger partial charge < -0.3 is 10.6 Å². The van der Waals surface area contributed by atoms with Crippen LogP contribution >= 0.6 is 28.3 Å². The zero-order chi connectivity index (χ0) is 16.7. The molecule has 2 N–H and O–H groups in total. The molecule has 3 nitrogen and oxygen atoms in total. The van der Waals surface area contributed by atoms with Gasteiger partial charge in [0.1, 0.15) is 0 Å². The third kappa shape index (κ3) is 7.54. The fourth-order valence-corrected chi connectivity index (χ4v) is 3.53. The minimum atomic E-state index is 0. The molecule has 0 aromatic heterocycles. The molecule has 0 saturated carbocycles. The lowest BCUT2D eigenvalue weighted by molar-refractivity contribution is -0.123. The van der Waals surface area contributed by atoms with Crippen molar-refractivity contribution in [3.05, 3.63) is 34.3 Å². The van der Waals surface area contributed by atoms with Crippen molar-refractivity contribution in [3.8, 4) is 0 Å². The molecule has 1 saturated heterocycles. The van der Waals surface area contributed by atoms with Crippen molar-refractivity contribution >= 4 is 34.2 Å². The number of amides is 1. The molecule has 24 heavy (non-hydrogen) atoms. The number of nitrogens with one attached hydrogen (secondary N) is 2. The highest BCUT2D eigenvalue weighted by Crippen LogP contribution is 2.22. The van der Waals surface area contributed by atoms with Gasteiger partial charge in [-0.1, -0.05) is 35.0 Å². The van der Waals surface area contributed by atoms with Crippen LogP contribution < -0.4 is 10.6 Å². The van der Waals surface area contributed by atoms with Gasteiger partial charge in [0, 0.05) is 16.9 Å². The van der Waals surface area contributed by atoms with Crippen molar-refractivity contribution in [1.29, 1.82) is 0 Å². The Balaban J connectivity index is 0.00000288. The lowest BCUT2D eigenvalue weighted by Crippen LogP contribution is -2.37. The molecule has 1 fully saturated rings. The maximum absolute atomic E-state index is 12.2. The van der Waals surface area contributed by atoms with Gasteiger partial charge in [-0.05, 0) is 75.2 Å². The summed E-state index contributed by atoms with van der Waals surface area (Å²) >= 11 is 3.45. The van der Waals surface area contributed by atoms with Gasteiger partial charge in [-0.25, -0.2) is 0 Å². The summed E-state index contributed by atoms with van der Waals surface area (Å²) in [7, 11) is 0. The molecule has 1 aliphatic rings. The van der Waals surface area contributed by atoms with Crippen LogP contribution in [0.2, 0.25) is 0 Å².